The van der Waals surface area contributed by atoms with Crippen LogP contribution in [0.15, 0.2) is 60.8 Å². The van der Waals surface area contributed by atoms with E-state index in [0.717, 1.165) is 16.5 Å². The number of hydrogen-bond donors (Lipinski definition) is 7. The molecule has 38 heavy (non-hydrogen) atoms. The standard InChI is InChI=1S/C26H30N6O6/c27-18(11-16-13-29-19-9-5-4-8-17(16)19)24(35)30-14-23(34)31-20(12-22(28)33)25(36)32-21(26(37)38)10-15-6-2-1-3-7-15/h1-9,13,18,20-21,29H,10-12,14,27H2,(H2,28,33)(H,30,35)(H,31,34)(H,32,36)(H,37,38). The van der Waals surface area contributed by atoms with Crippen molar-refractivity contribution in [3.8, 4) is 0 Å². The Morgan fingerprint density at radius 3 is 2.24 bits per heavy atom. The quantitative estimate of drug-likeness (QED) is 0.154. The second-order valence-electron chi connectivity index (χ2n) is 8.77. The van der Waals surface area contributed by atoms with Gasteiger partial charge in [0.15, 0.2) is 0 Å². The van der Waals surface area contributed by atoms with Crippen LogP contribution in [0.1, 0.15) is 17.5 Å². The molecule has 0 aliphatic carbocycles. The summed E-state index contributed by atoms with van der Waals surface area (Å²) in [5, 5.41) is 17.5. The zero-order valence-corrected chi connectivity index (χ0v) is 20.5. The molecular formula is C26H30N6O6. The Morgan fingerprint density at radius 1 is 0.868 bits per heavy atom. The van der Waals surface area contributed by atoms with Gasteiger partial charge in [-0.3, -0.25) is 19.2 Å². The van der Waals surface area contributed by atoms with Gasteiger partial charge in [0.2, 0.25) is 23.6 Å². The van der Waals surface area contributed by atoms with Gasteiger partial charge in [-0.05, 0) is 23.6 Å². The van der Waals surface area contributed by atoms with E-state index in [2.05, 4.69) is 20.9 Å². The van der Waals surface area contributed by atoms with E-state index in [0.29, 0.717) is 5.56 Å². The number of nitrogens with two attached hydrogens (primary N) is 2. The molecule has 3 rings (SSSR count). The summed E-state index contributed by atoms with van der Waals surface area (Å²) >= 11 is 0. The number of para-hydroxylation sites is 1. The number of benzene rings is 2. The molecule has 3 unspecified atom stereocenters. The number of aromatic nitrogens is 1. The number of carbonyl (C=O) groups is 5. The highest BCUT2D eigenvalue weighted by molar-refractivity contribution is 5.95. The van der Waals surface area contributed by atoms with Crippen molar-refractivity contribution in [1.82, 2.24) is 20.9 Å². The molecule has 1 aromatic heterocycles. The zero-order valence-electron chi connectivity index (χ0n) is 20.5. The first-order valence-corrected chi connectivity index (χ1v) is 11.9. The van der Waals surface area contributed by atoms with E-state index in [-0.39, 0.29) is 12.8 Å². The Balaban J connectivity index is 1.55. The van der Waals surface area contributed by atoms with Gasteiger partial charge in [-0.2, -0.15) is 0 Å². The Labute approximate surface area is 218 Å². The number of fused-ring (bicyclic) bond motifs is 1. The molecule has 0 aliphatic heterocycles. The predicted octanol–water partition coefficient (Wildman–Crippen LogP) is -0.674. The monoisotopic (exact) mass is 522 g/mol. The summed E-state index contributed by atoms with van der Waals surface area (Å²) in [6.45, 7) is -0.519. The average molecular weight is 523 g/mol. The van der Waals surface area contributed by atoms with Crippen LogP contribution in [-0.4, -0.2) is 64.4 Å². The van der Waals surface area contributed by atoms with Crippen LogP contribution < -0.4 is 27.4 Å². The first-order valence-electron chi connectivity index (χ1n) is 11.9. The molecule has 2 aromatic carbocycles. The molecule has 1 heterocycles. The van der Waals surface area contributed by atoms with Crippen molar-refractivity contribution < 1.29 is 29.1 Å². The molecule has 3 atom stereocenters. The molecule has 0 bridgehead atoms. The van der Waals surface area contributed by atoms with E-state index in [1.807, 2.05) is 24.3 Å². The summed E-state index contributed by atoms with van der Waals surface area (Å²) in [5.41, 5.74) is 13.6. The minimum atomic E-state index is -1.44. The van der Waals surface area contributed by atoms with Crippen LogP contribution in [0, 0.1) is 0 Å². The highest BCUT2D eigenvalue weighted by Gasteiger charge is 2.28. The van der Waals surface area contributed by atoms with E-state index >= 15 is 0 Å². The first kappa shape index (κ1) is 27.9. The molecule has 0 spiro atoms. The first-order chi connectivity index (χ1) is 18.1. The predicted molar refractivity (Wildman–Crippen MR) is 138 cm³/mol. The van der Waals surface area contributed by atoms with Crippen LogP contribution in [0.4, 0.5) is 0 Å². The lowest BCUT2D eigenvalue weighted by molar-refractivity contribution is -0.142. The molecule has 12 heteroatoms. The zero-order chi connectivity index (χ0) is 27.7. The van der Waals surface area contributed by atoms with Gasteiger partial charge in [-0.15, -0.1) is 0 Å². The van der Waals surface area contributed by atoms with Crippen molar-refractivity contribution in [3.05, 3.63) is 71.9 Å². The smallest absolute Gasteiger partial charge is 0.326 e. The number of rotatable bonds is 13. The van der Waals surface area contributed by atoms with Gasteiger partial charge in [-0.25, -0.2) is 4.79 Å². The molecule has 12 nitrogen and oxygen atoms in total. The van der Waals surface area contributed by atoms with Crippen molar-refractivity contribution in [3.63, 3.8) is 0 Å². The van der Waals surface area contributed by atoms with Gasteiger partial charge in [0.05, 0.1) is 19.0 Å². The van der Waals surface area contributed by atoms with E-state index < -0.39 is 60.7 Å². The Kier molecular flexibility index (Phi) is 9.54. The van der Waals surface area contributed by atoms with Crippen LogP contribution in [-0.2, 0) is 36.8 Å². The lowest BCUT2D eigenvalue weighted by atomic mass is 10.0. The average Bonchev–Trinajstić information content (AvgIpc) is 3.29. The fraction of sp³-hybridized carbons (Fsp3) is 0.269. The maximum absolute atomic E-state index is 12.7. The van der Waals surface area contributed by atoms with E-state index in [9.17, 15) is 29.1 Å². The fourth-order valence-electron chi connectivity index (χ4n) is 3.91. The third kappa shape index (κ3) is 7.90. The molecule has 200 valence electrons. The fourth-order valence-corrected chi connectivity index (χ4v) is 3.91. The van der Waals surface area contributed by atoms with Gasteiger partial charge >= 0.3 is 5.97 Å². The maximum atomic E-state index is 12.7. The number of carboxylic acids is 1. The summed E-state index contributed by atoms with van der Waals surface area (Å²) in [5.74, 6) is -4.44. The summed E-state index contributed by atoms with van der Waals surface area (Å²) in [6, 6.07) is 12.5. The highest BCUT2D eigenvalue weighted by Crippen LogP contribution is 2.18. The normalized spacial score (nSPS) is 13.2. The highest BCUT2D eigenvalue weighted by atomic mass is 16.4. The van der Waals surface area contributed by atoms with Crippen molar-refractivity contribution in [2.24, 2.45) is 11.5 Å². The van der Waals surface area contributed by atoms with Crippen LogP contribution >= 0.6 is 0 Å². The molecule has 0 saturated carbocycles. The topological polar surface area (TPSA) is 209 Å². The summed E-state index contributed by atoms with van der Waals surface area (Å²) < 4.78 is 0. The van der Waals surface area contributed by atoms with Crippen molar-refractivity contribution in [2.45, 2.75) is 37.4 Å². The van der Waals surface area contributed by atoms with Crippen molar-refractivity contribution in [1.29, 1.82) is 0 Å². The molecular weight excluding hydrogens is 492 g/mol. The lowest BCUT2D eigenvalue weighted by Gasteiger charge is -2.21. The Bertz CT molecular complexity index is 1310. The largest absolute Gasteiger partial charge is 0.480 e. The number of aromatic amines is 1. The molecule has 3 aromatic rings. The molecule has 0 fully saturated rings. The second kappa shape index (κ2) is 13.0. The Hall–Kier alpha value is -4.71. The SMILES string of the molecule is NC(=O)CC(NC(=O)CNC(=O)C(N)Cc1c[nH]c2ccccc12)C(=O)NC(Cc1ccccc1)C(=O)O. The van der Waals surface area contributed by atoms with Crippen molar-refractivity contribution >= 4 is 40.5 Å². The second-order valence-corrected chi connectivity index (χ2v) is 8.77. The molecule has 0 aliphatic rings. The van der Waals surface area contributed by atoms with Crippen molar-refractivity contribution in [2.75, 3.05) is 6.54 Å². The van der Waals surface area contributed by atoms with Gasteiger partial charge in [0.25, 0.3) is 0 Å². The molecule has 0 saturated heterocycles. The molecule has 9 N–H and O–H groups in total. The van der Waals surface area contributed by atoms with Gasteiger partial charge in [-0.1, -0.05) is 48.5 Å². The summed E-state index contributed by atoms with van der Waals surface area (Å²) in [7, 11) is 0. The minimum absolute atomic E-state index is 0.0104. The van der Waals surface area contributed by atoms with E-state index in [1.54, 1.807) is 36.5 Å². The van der Waals surface area contributed by atoms with E-state index in [1.165, 1.54) is 0 Å². The number of carbonyl (C=O) groups excluding carboxylic acids is 4. The van der Waals surface area contributed by atoms with Gasteiger partial charge in [0, 0.05) is 23.5 Å². The molecule has 0 radical (unpaired) electrons. The molecule has 4 amide bonds. The van der Waals surface area contributed by atoms with E-state index in [4.69, 9.17) is 11.5 Å². The number of primary amides is 1. The lowest BCUT2D eigenvalue weighted by Crippen LogP contribution is -2.55. The van der Waals surface area contributed by atoms with Gasteiger partial charge in [0.1, 0.15) is 12.1 Å². The number of amides is 4. The number of nitrogens with one attached hydrogen (secondary N) is 4. The minimum Gasteiger partial charge on any atom is -0.480 e. The third-order valence-electron chi connectivity index (χ3n) is 5.83. The number of H-pyrrole nitrogens is 1. The third-order valence-corrected chi connectivity index (χ3v) is 5.83. The van der Waals surface area contributed by atoms with Gasteiger partial charge < -0.3 is 37.5 Å². The Morgan fingerprint density at radius 2 is 1.55 bits per heavy atom. The number of aliphatic carboxylic acids is 1. The number of hydrogen-bond acceptors (Lipinski definition) is 6. The summed E-state index contributed by atoms with van der Waals surface area (Å²) in [6.07, 6.45) is 1.41. The van der Waals surface area contributed by atoms with Crippen LogP contribution in [0.3, 0.4) is 0 Å². The van der Waals surface area contributed by atoms with Crippen LogP contribution in [0.25, 0.3) is 10.9 Å². The van der Waals surface area contributed by atoms with Crippen LogP contribution in [0.5, 0.6) is 0 Å². The number of carboxylic acid groups (broad SMARTS) is 1. The maximum Gasteiger partial charge on any atom is 0.326 e. The summed E-state index contributed by atoms with van der Waals surface area (Å²) in [4.78, 5) is 63.9. The van der Waals surface area contributed by atoms with Crippen LogP contribution in [0.2, 0.25) is 0 Å².